The fourth-order valence-corrected chi connectivity index (χ4v) is 5.50. The van der Waals surface area contributed by atoms with Crippen molar-refractivity contribution in [3.8, 4) is 0 Å². The van der Waals surface area contributed by atoms with Gasteiger partial charge in [0.2, 0.25) is 11.8 Å². The normalized spacial score (nSPS) is 19.0. The first kappa shape index (κ1) is 29.9. The van der Waals surface area contributed by atoms with Crippen molar-refractivity contribution in [2.24, 2.45) is 11.8 Å². The number of amides is 2. The van der Waals surface area contributed by atoms with Crippen molar-refractivity contribution in [1.82, 2.24) is 35.0 Å². The first-order chi connectivity index (χ1) is 19.9. The van der Waals surface area contributed by atoms with Gasteiger partial charge in [-0.1, -0.05) is 6.92 Å². The number of hydrogen-bond acceptors (Lipinski definition) is 5. The SMILES string of the molecule is CCCC(=O)N[C@@H](c1cnn2cc([C@@H](NC(=O)c3ccn(CCC(F)(F)F)n3)C3CCC(F)(F)CC3)nc2c1)C1CC1. The molecule has 2 atom stereocenters. The Morgan fingerprint density at radius 3 is 2.48 bits per heavy atom. The van der Waals surface area contributed by atoms with Gasteiger partial charge in [0, 0.05) is 32.0 Å². The zero-order valence-electron chi connectivity index (χ0n) is 23.2. The number of nitrogens with zero attached hydrogens (tertiary/aromatic N) is 5. The molecule has 9 nitrogen and oxygen atoms in total. The Hall–Kier alpha value is -3.58. The van der Waals surface area contributed by atoms with Gasteiger partial charge in [0.05, 0.1) is 36.6 Å². The van der Waals surface area contributed by atoms with Crippen LogP contribution >= 0.6 is 0 Å². The summed E-state index contributed by atoms with van der Waals surface area (Å²) in [7, 11) is 0. The van der Waals surface area contributed by atoms with Gasteiger partial charge in [-0.05, 0) is 61.6 Å². The van der Waals surface area contributed by atoms with Gasteiger partial charge >= 0.3 is 6.18 Å². The van der Waals surface area contributed by atoms with E-state index in [-0.39, 0.29) is 49.2 Å². The summed E-state index contributed by atoms with van der Waals surface area (Å²) in [5.41, 5.74) is 1.64. The van der Waals surface area contributed by atoms with Crippen LogP contribution in [-0.2, 0) is 11.3 Å². The summed E-state index contributed by atoms with van der Waals surface area (Å²) >= 11 is 0. The first-order valence-corrected chi connectivity index (χ1v) is 14.3. The highest BCUT2D eigenvalue weighted by Gasteiger charge is 2.40. The van der Waals surface area contributed by atoms with Crippen molar-refractivity contribution in [2.75, 3.05) is 0 Å². The molecule has 2 N–H and O–H groups in total. The topological polar surface area (TPSA) is 106 Å². The Bertz CT molecular complexity index is 1410. The van der Waals surface area contributed by atoms with Crippen molar-refractivity contribution in [3.05, 3.63) is 47.7 Å². The van der Waals surface area contributed by atoms with Gasteiger partial charge < -0.3 is 10.6 Å². The van der Waals surface area contributed by atoms with Crippen LogP contribution in [0.25, 0.3) is 5.65 Å². The lowest BCUT2D eigenvalue weighted by molar-refractivity contribution is -0.137. The van der Waals surface area contributed by atoms with E-state index < -0.39 is 37.0 Å². The number of carbonyl (C=O) groups is 2. The van der Waals surface area contributed by atoms with Gasteiger partial charge in [0.15, 0.2) is 5.65 Å². The largest absolute Gasteiger partial charge is 0.390 e. The summed E-state index contributed by atoms with van der Waals surface area (Å²) in [5.74, 6) is -3.48. The second-order valence-corrected chi connectivity index (χ2v) is 11.4. The average molecular weight is 596 g/mol. The minimum Gasteiger partial charge on any atom is -0.349 e. The number of rotatable bonds is 11. The molecule has 0 radical (unpaired) electrons. The van der Waals surface area contributed by atoms with Crippen LogP contribution in [0.1, 0.15) is 98.5 Å². The lowest BCUT2D eigenvalue weighted by atomic mass is 9.81. The molecule has 228 valence electrons. The van der Waals surface area contributed by atoms with Crippen molar-refractivity contribution in [3.63, 3.8) is 0 Å². The molecule has 2 aliphatic rings. The molecule has 0 unspecified atom stereocenters. The molecule has 2 amide bonds. The predicted octanol–water partition coefficient (Wildman–Crippen LogP) is 5.54. The summed E-state index contributed by atoms with van der Waals surface area (Å²) in [5, 5.41) is 14.4. The van der Waals surface area contributed by atoms with Crippen LogP contribution in [0, 0.1) is 11.8 Å². The van der Waals surface area contributed by atoms with E-state index >= 15 is 0 Å². The maximum absolute atomic E-state index is 14.0. The third-order valence-electron chi connectivity index (χ3n) is 7.94. The van der Waals surface area contributed by atoms with Crippen LogP contribution in [0.3, 0.4) is 0 Å². The summed E-state index contributed by atoms with van der Waals surface area (Å²) in [6.45, 7) is 1.51. The van der Waals surface area contributed by atoms with E-state index in [0.29, 0.717) is 23.7 Å². The van der Waals surface area contributed by atoms with E-state index in [1.807, 2.05) is 13.0 Å². The van der Waals surface area contributed by atoms with Crippen molar-refractivity contribution in [1.29, 1.82) is 0 Å². The number of carbonyl (C=O) groups excluding carboxylic acids is 2. The molecule has 2 saturated carbocycles. The van der Waals surface area contributed by atoms with Crippen LogP contribution in [0.2, 0.25) is 0 Å². The van der Waals surface area contributed by atoms with E-state index in [1.54, 1.807) is 16.9 Å². The van der Waals surface area contributed by atoms with E-state index in [9.17, 15) is 31.5 Å². The van der Waals surface area contributed by atoms with Crippen molar-refractivity contribution in [2.45, 2.75) is 95.4 Å². The molecule has 0 bridgehead atoms. The van der Waals surface area contributed by atoms with E-state index in [0.717, 1.165) is 29.5 Å². The van der Waals surface area contributed by atoms with Gasteiger partial charge in [-0.25, -0.2) is 18.3 Å². The Kier molecular flexibility index (Phi) is 8.51. The number of imidazole rings is 1. The second-order valence-electron chi connectivity index (χ2n) is 11.4. The Balaban J connectivity index is 1.38. The molecule has 2 fully saturated rings. The summed E-state index contributed by atoms with van der Waals surface area (Å²) in [6, 6.07) is 2.22. The molecular weight excluding hydrogens is 561 g/mol. The molecule has 3 heterocycles. The van der Waals surface area contributed by atoms with Gasteiger partial charge in [0.25, 0.3) is 5.91 Å². The van der Waals surface area contributed by atoms with Gasteiger partial charge in [0.1, 0.15) is 5.69 Å². The Labute approximate surface area is 239 Å². The average Bonchev–Trinajstić information content (AvgIpc) is 3.49. The molecule has 3 aromatic heterocycles. The maximum atomic E-state index is 14.0. The third-order valence-corrected chi connectivity index (χ3v) is 7.94. The molecule has 2 aliphatic carbocycles. The van der Waals surface area contributed by atoms with Gasteiger partial charge in [-0.3, -0.25) is 14.3 Å². The first-order valence-electron chi connectivity index (χ1n) is 14.3. The van der Waals surface area contributed by atoms with E-state index in [4.69, 9.17) is 4.98 Å². The van der Waals surface area contributed by atoms with Crippen LogP contribution in [0.4, 0.5) is 22.0 Å². The minimum absolute atomic E-state index is 0.0315. The number of halogens is 5. The second kappa shape index (κ2) is 12.0. The maximum Gasteiger partial charge on any atom is 0.390 e. The number of alkyl halides is 5. The molecule has 0 aliphatic heterocycles. The standard InChI is InChI=1S/C28H34F5N7O2/c1-2-3-23(41)36-24(17-4-5-17)19-14-22-35-21(16-40(22)34-15-19)25(18-6-9-27(29,30)10-7-18)37-26(42)20-8-12-39(38-20)13-11-28(31,32)33/h8,12,14-18,24-25H,2-7,9-11,13H2,1H3,(H,36,41)(H,37,42)/t24-,25+/m1/s1. The van der Waals surface area contributed by atoms with Crippen molar-refractivity contribution < 1.29 is 31.5 Å². The lowest BCUT2D eigenvalue weighted by Crippen LogP contribution is -2.37. The van der Waals surface area contributed by atoms with Crippen LogP contribution in [0.5, 0.6) is 0 Å². The molecule has 0 aromatic carbocycles. The predicted molar refractivity (Wildman–Crippen MR) is 142 cm³/mol. The summed E-state index contributed by atoms with van der Waals surface area (Å²) < 4.78 is 68.4. The number of hydrogen-bond donors (Lipinski definition) is 2. The van der Waals surface area contributed by atoms with Gasteiger partial charge in [-0.15, -0.1) is 0 Å². The van der Waals surface area contributed by atoms with Crippen LogP contribution in [-0.4, -0.2) is 48.3 Å². The zero-order chi connectivity index (χ0) is 30.1. The quantitative estimate of drug-likeness (QED) is 0.283. The molecule has 0 saturated heterocycles. The molecule has 42 heavy (non-hydrogen) atoms. The molecule has 3 aromatic rings. The number of fused-ring (bicyclic) bond motifs is 1. The van der Waals surface area contributed by atoms with Crippen LogP contribution < -0.4 is 10.6 Å². The molecule has 0 spiro atoms. The molecule has 14 heteroatoms. The fourth-order valence-electron chi connectivity index (χ4n) is 5.50. The van der Waals surface area contributed by atoms with Gasteiger partial charge in [-0.2, -0.15) is 23.4 Å². The lowest BCUT2D eigenvalue weighted by Gasteiger charge is -2.33. The fraction of sp³-hybridized carbons (Fsp3) is 0.607. The highest BCUT2D eigenvalue weighted by atomic mass is 19.4. The number of nitrogens with one attached hydrogen (secondary N) is 2. The highest BCUT2D eigenvalue weighted by Crippen LogP contribution is 2.42. The highest BCUT2D eigenvalue weighted by molar-refractivity contribution is 5.92. The molecule has 5 rings (SSSR count). The zero-order valence-corrected chi connectivity index (χ0v) is 23.2. The third kappa shape index (κ3) is 7.43. The number of aromatic nitrogens is 5. The van der Waals surface area contributed by atoms with E-state index in [2.05, 4.69) is 20.8 Å². The summed E-state index contributed by atoms with van der Waals surface area (Å²) in [6.07, 6.45) is 1.96. The summed E-state index contributed by atoms with van der Waals surface area (Å²) in [4.78, 5) is 30.2. The number of aryl methyl sites for hydroxylation is 1. The Morgan fingerprint density at radius 2 is 1.81 bits per heavy atom. The monoisotopic (exact) mass is 595 g/mol. The van der Waals surface area contributed by atoms with Crippen LogP contribution in [0.15, 0.2) is 30.7 Å². The Morgan fingerprint density at radius 1 is 1.10 bits per heavy atom. The molecular formula is C28H34F5N7O2. The van der Waals surface area contributed by atoms with Crippen molar-refractivity contribution >= 4 is 17.5 Å². The minimum atomic E-state index is -4.36. The van der Waals surface area contributed by atoms with E-state index in [1.165, 1.54) is 12.3 Å². The smallest absolute Gasteiger partial charge is 0.349 e.